The van der Waals surface area contributed by atoms with Crippen molar-refractivity contribution in [2.45, 2.75) is 59.0 Å². The third-order valence-electron chi connectivity index (χ3n) is 4.45. The van der Waals surface area contributed by atoms with Crippen LogP contribution in [0.25, 0.3) is 0 Å². The summed E-state index contributed by atoms with van der Waals surface area (Å²) in [4.78, 5) is 31.2. The van der Waals surface area contributed by atoms with Gasteiger partial charge in [-0.3, -0.25) is 20.3 Å². The van der Waals surface area contributed by atoms with E-state index in [-0.39, 0.29) is 18.1 Å². The van der Waals surface area contributed by atoms with Gasteiger partial charge < -0.3 is 9.47 Å². The van der Waals surface area contributed by atoms with Crippen molar-refractivity contribution in [3.05, 3.63) is 40.9 Å². The molecule has 1 aromatic carbocycles. The second kappa shape index (κ2) is 9.76. The average molecular weight is 447 g/mol. The number of hydrogen-bond donors (Lipinski definition) is 2. The number of anilines is 2. The molecule has 2 heterocycles. The summed E-state index contributed by atoms with van der Waals surface area (Å²) < 4.78 is 11.0. The third kappa shape index (κ3) is 7.30. The highest BCUT2D eigenvalue weighted by atomic mass is 32.1. The van der Waals surface area contributed by atoms with E-state index >= 15 is 0 Å². The molecule has 2 aromatic rings. The Morgan fingerprint density at radius 2 is 1.81 bits per heavy atom. The van der Waals surface area contributed by atoms with Crippen molar-refractivity contribution in [3.63, 3.8) is 0 Å². The quantitative estimate of drug-likeness (QED) is 0.709. The molecule has 0 unspecified atom stereocenters. The Hall–Kier alpha value is -2.49. The first-order valence-electron chi connectivity index (χ1n) is 10.3. The van der Waals surface area contributed by atoms with Crippen LogP contribution in [0.4, 0.5) is 15.6 Å². The smallest absolute Gasteiger partial charge is 0.412 e. The summed E-state index contributed by atoms with van der Waals surface area (Å²) in [5.74, 6) is -0.252. The second-order valence-corrected chi connectivity index (χ2v) is 9.61. The Labute approximate surface area is 186 Å². The van der Waals surface area contributed by atoms with Crippen molar-refractivity contribution < 1.29 is 19.1 Å². The number of hydrogen-bond acceptors (Lipinski definition) is 7. The minimum absolute atomic E-state index is 0.203. The van der Waals surface area contributed by atoms with Crippen molar-refractivity contribution >= 4 is 34.2 Å². The fourth-order valence-corrected chi connectivity index (χ4v) is 4.07. The molecule has 9 heteroatoms. The molecule has 31 heavy (non-hydrogen) atoms. The molecular weight excluding hydrogens is 416 g/mol. The Morgan fingerprint density at radius 3 is 2.42 bits per heavy atom. The van der Waals surface area contributed by atoms with Crippen LogP contribution in [-0.4, -0.2) is 52.8 Å². The van der Waals surface area contributed by atoms with E-state index in [2.05, 4.69) is 34.4 Å². The number of carbonyl (C=O) groups is 2. The summed E-state index contributed by atoms with van der Waals surface area (Å²) in [5, 5.41) is 8.01. The van der Waals surface area contributed by atoms with Crippen LogP contribution in [0.3, 0.4) is 0 Å². The van der Waals surface area contributed by atoms with Crippen LogP contribution in [0.5, 0.6) is 0 Å². The van der Waals surface area contributed by atoms with E-state index in [4.69, 9.17) is 9.47 Å². The molecule has 3 rings (SSSR count). The molecule has 2 N–H and O–H groups in total. The number of carbonyl (C=O) groups excluding carboxylic acids is 2. The van der Waals surface area contributed by atoms with Gasteiger partial charge in [0, 0.05) is 36.3 Å². The number of ether oxygens (including phenoxy) is 2. The first-order chi connectivity index (χ1) is 14.6. The van der Waals surface area contributed by atoms with Gasteiger partial charge >= 0.3 is 6.09 Å². The molecule has 0 saturated carbocycles. The molecule has 168 valence electrons. The van der Waals surface area contributed by atoms with Gasteiger partial charge in [-0.05, 0) is 58.9 Å². The predicted molar refractivity (Wildman–Crippen MR) is 122 cm³/mol. The van der Waals surface area contributed by atoms with Gasteiger partial charge in [-0.1, -0.05) is 0 Å². The van der Waals surface area contributed by atoms with Crippen LogP contribution in [0.2, 0.25) is 0 Å². The summed E-state index contributed by atoms with van der Waals surface area (Å²) in [7, 11) is 0. The largest absolute Gasteiger partial charge is 0.444 e. The zero-order valence-corrected chi connectivity index (χ0v) is 19.4. The predicted octanol–water partition coefficient (Wildman–Crippen LogP) is 4.35. The first kappa shape index (κ1) is 23.2. The summed E-state index contributed by atoms with van der Waals surface area (Å²) in [5.41, 5.74) is 1.38. The highest BCUT2D eigenvalue weighted by molar-refractivity contribution is 7.14. The highest BCUT2D eigenvalue weighted by Gasteiger charge is 2.23. The Balaban J connectivity index is 1.53. The number of amides is 2. The zero-order valence-electron chi connectivity index (χ0n) is 18.6. The average Bonchev–Trinajstić information content (AvgIpc) is 3.06. The van der Waals surface area contributed by atoms with Gasteiger partial charge in [0.15, 0.2) is 5.13 Å². The number of thiazole rings is 1. The lowest BCUT2D eigenvalue weighted by Gasteiger charge is -2.34. The minimum atomic E-state index is -0.575. The molecule has 1 aromatic heterocycles. The fraction of sp³-hybridized carbons (Fsp3) is 0.500. The molecule has 0 spiro atoms. The van der Waals surface area contributed by atoms with Crippen molar-refractivity contribution in [1.82, 2.24) is 9.88 Å². The molecule has 0 radical (unpaired) electrons. The summed E-state index contributed by atoms with van der Waals surface area (Å²) in [6.07, 6.45) is -0.132. The molecule has 1 aliphatic heterocycles. The number of rotatable bonds is 5. The van der Waals surface area contributed by atoms with E-state index in [0.717, 1.165) is 25.3 Å². The number of nitrogens with one attached hydrogen (secondary N) is 2. The molecular formula is C22H30N4O4S. The highest BCUT2D eigenvalue weighted by Crippen LogP contribution is 2.20. The van der Waals surface area contributed by atoms with Gasteiger partial charge in [0.05, 0.1) is 17.9 Å². The van der Waals surface area contributed by atoms with E-state index in [1.807, 2.05) is 5.38 Å². The van der Waals surface area contributed by atoms with Gasteiger partial charge in [0.25, 0.3) is 5.91 Å². The van der Waals surface area contributed by atoms with Crippen molar-refractivity contribution in [2.75, 3.05) is 23.7 Å². The fourth-order valence-electron chi connectivity index (χ4n) is 3.38. The molecule has 1 aliphatic rings. The van der Waals surface area contributed by atoms with Crippen molar-refractivity contribution in [1.29, 1.82) is 0 Å². The van der Waals surface area contributed by atoms with E-state index in [0.29, 0.717) is 16.4 Å². The van der Waals surface area contributed by atoms with E-state index in [1.165, 1.54) is 11.3 Å². The molecule has 1 saturated heterocycles. The summed E-state index contributed by atoms with van der Waals surface area (Å²) >= 11 is 1.41. The first-order valence-corrected chi connectivity index (χ1v) is 11.2. The van der Waals surface area contributed by atoms with Gasteiger partial charge in [0.1, 0.15) is 5.60 Å². The third-order valence-corrected chi connectivity index (χ3v) is 5.25. The van der Waals surface area contributed by atoms with Gasteiger partial charge in [0.2, 0.25) is 0 Å². The van der Waals surface area contributed by atoms with Gasteiger partial charge in [-0.25, -0.2) is 9.78 Å². The normalized spacial score (nSPS) is 19.6. The zero-order chi connectivity index (χ0) is 22.6. The van der Waals surface area contributed by atoms with Crippen molar-refractivity contribution in [2.24, 2.45) is 0 Å². The number of nitrogens with zero attached hydrogens (tertiary/aromatic N) is 2. The van der Waals surface area contributed by atoms with E-state index < -0.39 is 11.7 Å². The molecule has 1 fully saturated rings. The van der Waals surface area contributed by atoms with Crippen molar-refractivity contribution in [3.8, 4) is 0 Å². The monoisotopic (exact) mass is 446 g/mol. The lowest BCUT2D eigenvalue weighted by atomic mass is 10.2. The SMILES string of the molecule is C[C@@H]1CN(Cc2csc(NC(=O)c3ccc(NC(=O)OC(C)(C)C)cc3)n2)C[C@@H](C)O1. The lowest BCUT2D eigenvalue weighted by Crippen LogP contribution is -2.44. The molecule has 0 bridgehead atoms. The maximum atomic E-state index is 12.5. The van der Waals surface area contributed by atoms with E-state index in [9.17, 15) is 9.59 Å². The summed E-state index contributed by atoms with van der Waals surface area (Å²) in [6, 6.07) is 6.61. The topological polar surface area (TPSA) is 92.8 Å². The van der Waals surface area contributed by atoms with Gasteiger partial charge in [-0.2, -0.15) is 0 Å². The Kier molecular flexibility index (Phi) is 7.30. The van der Waals surface area contributed by atoms with Crippen LogP contribution in [0.1, 0.15) is 50.7 Å². The molecule has 2 amide bonds. The number of benzene rings is 1. The van der Waals surface area contributed by atoms with Crippen LogP contribution >= 0.6 is 11.3 Å². The van der Waals surface area contributed by atoms with Gasteiger partial charge in [-0.15, -0.1) is 11.3 Å². The Bertz CT molecular complexity index is 897. The van der Waals surface area contributed by atoms with E-state index in [1.54, 1.807) is 45.0 Å². The van der Waals surface area contributed by atoms with Crippen LogP contribution in [0, 0.1) is 0 Å². The maximum absolute atomic E-state index is 12.5. The minimum Gasteiger partial charge on any atom is -0.444 e. The molecule has 2 atom stereocenters. The number of aromatic nitrogens is 1. The number of morpholine rings is 1. The maximum Gasteiger partial charge on any atom is 0.412 e. The van der Waals surface area contributed by atoms with Crippen LogP contribution in [0.15, 0.2) is 29.6 Å². The Morgan fingerprint density at radius 1 is 1.16 bits per heavy atom. The lowest BCUT2D eigenvalue weighted by molar-refractivity contribution is -0.0707. The van der Waals surface area contributed by atoms with Crippen LogP contribution < -0.4 is 10.6 Å². The molecule has 8 nitrogen and oxygen atoms in total. The second-order valence-electron chi connectivity index (χ2n) is 8.75. The standard InChI is InChI=1S/C22H30N4O4S/c1-14-10-26(11-15(2)29-14)12-18-13-31-20(23-18)25-19(27)16-6-8-17(9-7-16)24-21(28)30-22(3,4)5/h6-9,13-15H,10-12H2,1-5H3,(H,24,28)(H,23,25,27)/t14-,15-/m1/s1. The summed E-state index contributed by atoms with van der Waals surface area (Å²) in [6.45, 7) is 12.0. The van der Waals surface area contributed by atoms with Crippen LogP contribution in [-0.2, 0) is 16.0 Å². The molecule has 0 aliphatic carbocycles.